The predicted molar refractivity (Wildman–Crippen MR) is 94.2 cm³/mol. The molecule has 2 N–H and O–H groups in total. The highest BCUT2D eigenvalue weighted by atomic mass is 16.4. The van der Waals surface area contributed by atoms with Crippen LogP contribution in [0.3, 0.4) is 0 Å². The van der Waals surface area contributed by atoms with Gasteiger partial charge in [0.1, 0.15) is 5.82 Å². The molecule has 4 fully saturated rings. The first kappa shape index (κ1) is 15.6. The highest BCUT2D eigenvalue weighted by Gasteiger charge is 2.58. The number of hydrogen-bond donors (Lipinski definition) is 2. The van der Waals surface area contributed by atoms with Gasteiger partial charge in [-0.15, -0.1) is 0 Å². The Bertz CT molecular complexity index is 831. The Labute approximate surface area is 147 Å². The second-order valence-electron chi connectivity index (χ2n) is 8.92. The number of hydrogen-bond acceptors (Lipinski definition) is 6. The molecule has 134 valence electrons. The molecule has 0 spiro atoms. The van der Waals surface area contributed by atoms with E-state index in [1.165, 1.54) is 19.3 Å². The molecule has 4 saturated carbocycles. The maximum absolute atomic E-state index is 11.0. The van der Waals surface area contributed by atoms with Gasteiger partial charge in [-0.2, -0.15) is 4.98 Å². The molecular weight excluding hydrogens is 316 g/mol. The quantitative estimate of drug-likeness (QED) is 0.890. The molecule has 3 atom stereocenters. The van der Waals surface area contributed by atoms with E-state index < -0.39 is 5.60 Å². The van der Waals surface area contributed by atoms with Gasteiger partial charge in [-0.05, 0) is 69.6 Å². The lowest BCUT2D eigenvalue weighted by atomic mass is 9.46. The zero-order valence-corrected chi connectivity index (χ0v) is 15.2. The Hall–Kier alpha value is -1.69. The number of aliphatic hydroxyl groups is 1. The highest BCUT2D eigenvalue weighted by Crippen LogP contribution is 2.63. The topological polar surface area (TPSA) is 84.1 Å². The monoisotopic (exact) mass is 342 g/mol. The molecule has 3 unspecified atom stereocenters. The van der Waals surface area contributed by atoms with Crippen molar-refractivity contribution in [1.82, 2.24) is 15.0 Å². The SMILES string of the molecule is Cc1nc(NC(C)C23CC4CC(CC(O)(C4)C2)C3)c2nc(C)oc2n1. The molecule has 2 aromatic rings. The van der Waals surface area contributed by atoms with Crippen LogP contribution in [0.5, 0.6) is 0 Å². The third-order valence-electron chi connectivity index (χ3n) is 6.82. The van der Waals surface area contributed by atoms with Gasteiger partial charge in [0.05, 0.1) is 5.60 Å². The second kappa shape index (κ2) is 4.93. The normalized spacial score (nSPS) is 37.6. The Kier molecular flexibility index (Phi) is 3.07. The molecule has 4 bridgehead atoms. The average Bonchev–Trinajstić information content (AvgIpc) is 2.84. The standard InChI is InChI=1S/C19H26N4O2/c1-10(18-5-13-4-14(6-18)8-19(24,7-13)9-18)20-16-15-17(22-11(2)21-16)25-12(3)23-15/h10,13-14,24H,4-9H2,1-3H3,(H,20,21,22). The Morgan fingerprint density at radius 3 is 2.52 bits per heavy atom. The average molecular weight is 342 g/mol. The highest BCUT2D eigenvalue weighted by molar-refractivity contribution is 5.81. The van der Waals surface area contributed by atoms with Crippen LogP contribution < -0.4 is 5.32 Å². The smallest absolute Gasteiger partial charge is 0.252 e. The number of nitrogens with zero attached hydrogens (tertiary/aromatic N) is 3. The molecule has 0 amide bonds. The van der Waals surface area contributed by atoms with E-state index in [-0.39, 0.29) is 11.5 Å². The molecule has 4 aliphatic rings. The van der Waals surface area contributed by atoms with Crippen LogP contribution in [0, 0.1) is 31.1 Å². The summed E-state index contributed by atoms with van der Waals surface area (Å²) in [6.45, 7) is 5.95. The second-order valence-corrected chi connectivity index (χ2v) is 8.92. The molecule has 2 aromatic heterocycles. The largest absolute Gasteiger partial charge is 0.422 e. The maximum Gasteiger partial charge on any atom is 0.252 e. The van der Waals surface area contributed by atoms with Crippen molar-refractivity contribution in [3.05, 3.63) is 11.7 Å². The lowest BCUT2D eigenvalue weighted by Crippen LogP contribution is -2.60. The van der Waals surface area contributed by atoms with Gasteiger partial charge in [0.25, 0.3) is 5.71 Å². The van der Waals surface area contributed by atoms with Gasteiger partial charge in [-0.1, -0.05) is 0 Å². The van der Waals surface area contributed by atoms with E-state index in [1.807, 2.05) is 13.8 Å². The van der Waals surface area contributed by atoms with Gasteiger partial charge >= 0.3 is 0 Å². The van der Waals surface area contributed by atoms with E-state index in [0.717, 1.165) is 25.1 Å². The van der Waals surface area contributed by atoms with E-state index in [0.29, 0.717) is 34.8 Å². The summed E-state index contributed by atoms with van der Waals surface area (Å²) in [5.74, 6) is 3.40. The van der Waals surface area contributed by atoms with E-state index >= 15 is 0 Å². The molecule has 0 aromatic carbocycles. The lowest BCUT2D eigenvalue weighted by molar-refractivity contribution is -0.167. The fourth-order valence-electron chi connectivity index (χ4n) is 6.28. The summed E-state index contributed by atoms with van der Waals surface area (Å²) in [4.78, 5) is 13.4. The van der Waals surface area contributed by atoms with Crippen molar-refractivity contribution in [2.45, 2.75) is 70.9 Å². The van der Waals surface area contributed by atoms with Gasteiger partial charge in [-0.25, -0.2) is 9.97 Å². The van der Waals surface area contributed by atoms with Crippen LogP contribution in [0.4, 0.5) is 5.82 Å². The summed E-state index contributed by atoms with van der Waals surface area (Å²) in [5.41, 5.74) is 0.965. The summed E-state index contributed by atoms with van der Waals surface area (Å²) < 4.78 is 5.59. The van der Waals surface area contributed by atoms with Crippen molar-refractivity contribution >= 4 is 17.0 Å². The molecule has 6 rings (SSSR count). The number of fused-ring (bicyclic) bond motifs is 1. The van der Waals surface area contributed by atoms with Gasteiger partial charge < -0.3 is 14.8 Å². The first-order chi connectivity index (χ1) is 11.8. The van der Waals surface area contributed by atoms with Gasteiger partial charge in [0.2, 0.25) is 0 Å². The maximum atomic E-state index is 11.0. The van der Waals surface area contributed by atoms with E-state index in [4.69, 9.17) is 4.42 Å². The Morgan fingerprint density at radius 1 is 1.12 bits per heavy atom. The van der Waals surface area contributed by atoms with E-state index in [9.17, 15) is 5.11 Å². The first-order valence-electron chi connectivity index (χ1n) is 9.45. The van der Waals surface area contributed by atoms with Crippen LogP contribution in [-0.4, -0.2) is 31.7 Å². The molecule has 6 nitrogen and oxygen atoms in total. The van der Waals surface area contributed by atoms with Crippen molar-refractivity contribution in [3.63, 3.8) is 0 Å². The number of rotatable bonds is 3. The van der Waals surface area contributed by atoms with Crippen LogP contribution in [-0.2, 0) is 0 Å². The molecule has 0 saturated heterocycles. The minimum Gasteiger partial charge on any atom is -0.422 e. The number of aromatic nitrogens is 3. The van der Waals surface area contributed by atoms with Crippen molar-refractivity contribution in [2.24, 2.45) is 17.3 Å². The van der Waals surface area contributed by atoms with Crippen molar-refractivity contribution in [2.75, 3.05) is 5.32 Å². The van der Waals surface area contributed by atoms with Gasteiger partial charge in [0.15, 0.2) is 17.2 Å². The number of oxazole rings is 1. The van der Waals surface area contributed by atoms with Crippen LogP contribution >= 0.6 is 0 Å². The molecular formula is C19H26N4O2. The van der Waals surface area contributed by atoms with Crippen LogP contribution in [0.2, 0.25) is 0 Å². The van der Waals surface area contributed by atoms with Gasteiger partial charge in [-0.3, -0.25) is 0 Å². The Morgan fingerprint density at radius 2 is 1.84 bits per heavy atom. The van der Waals surface area contributed by atoms with Crippen LogP contribution in [0.25, 0.3) is 11.2 Å². The zero-order chi connectivity index (χ0) is 17.4. The molecule has 25 heavy (non-hydrogen) atoms. The minimum atomic E-state index is -0.443. The summed E-state index contributed by atoms with van der Waals surface area (Å²) >= 11 is 0. The van der Waals surface area contributed by atoms with Crippen LogP contribution in [0.1, 0.15) is 57.2 Å². The third kappa shape index (κ3) is 2.37. The first-order valence-corrected chi connectivity index (χ1v) is 9.45. The predicted octanol–water partition coefficient (Wildman–Crippen LogP) is 3.37. The number of aryl methyl sites for hydroxylation is 2. The van der Waals surface area contributed by atoms with Crippen molar-refractivity contribution in [1.29, 1.82) is 0 Å². The molecule has 4 aliphatic carbocycles. The lowest BCUT2D eigenvalue weighted by Gasteiger charge is -2.62. The minimum absolute atomic E-state index is 0.156. The molecule has 0 aliphatic heterocycles. The summed E-state index contributed by atoms with van der Waals surface area (Å²) in [5, 5.41) is 14.6. The zero-order valence-electron chi connectivity index (χ0n) is 15.2. The summed E-state index contributed by atoms with van der Waals surface area (Å²) in [6.07, 6.45) is 6.63. The summed E-state index contributed by atoms with van der Waals surface area (Å²) in [7, 11) is 0. The third-order valence-corrected chi connectivity index (χ3v) is 6.82. The Balaban J connectivity index is 1.49. The molecule has 6 heteroatoms. The number of anilines is 1. The number of nitrogens with one attached hydrogen (secondary N) is 1. The van der Waals surface area contributed by atoms with Crippen molar-refractivity contribution in [3.8, 4) is 0 Å². The summed E-state index contributed by atoms with van der Waals surface area (Å²) in [6, 6.07) is 0.236. The van der Waals surface area contributed by atoms with Crippen molar-refractivity contribution < 1.29 is 9.52 Å². The molecule has 2 heterocycles. The fourth-order valence-corrected chi connectivity index (χ4v) is 6.28. The van der Waals surface area contributed by atoms with Crippen LogP contribution in [0.15, 0.2) is 4.42 Å². The fraction of sp³-hybridized carbons (Fsp3) is 0.737. The van der Waals surface area contributed by atoms with E-state index in [1.54, 1.807) is 0 Å². The molecule has 0 radical (unpaired) electrons. The van der Waals surface area contributed by atoms with Gasteiger partial charge in [0, 0.05) is 13.0 Å². The van der Waals surface area contributed by atoms with E-state index in [2.05, 4.69) is 27.2 Å².